The van der Waals surface area contributed by atoms with Crippen molar-refractivity contribution in [3.8, 4) is 5.69 Å². The van der Waals surface area contributed by atoms with E-state index < -0.39 is 26.3 Å². The predicted molar refractivity (Wildman–Crippen MR) is 77.3 cm³/mol. The predicted octanol–water partition coefficient (Wildman–Crippen LogP) is -0.259. The van der Waals surface area contributed by atoms with Crippen LogP contribution in [0.1, 0.15) is 4.79 Å². The fourth-order valence-electron chi connectivity index (χ4n) is 1.63. The van der Waals surface area contributed by atoms with Gasteiger partial charge in [0.25, 0.3) is 3.79 Å². The van der Waals surface area contributed by atoms with Crippen LogP contribution in [0.4, 0.5) is 5.69 Å². The number of rotatable bonds is 2. The molecule has 0 bridgehead atoms. The lowest BCUT2D eigenvalue weighted by molar-refractivity contribution is -0.991. The number of aromatic amines is 1. The number of alkyl halides is 3. The number of nitrogens with zero attached hydrogens (tertiary/aromatic N) is 2. The lowest BCUT2D eigenvalue weighted by Crippen LogP contribution is -2.99. The fourth-order valence-corrected chi connectivity index (χ4v) is 1.88. The molecule has 1 aromatic heterocycles. The molecule has 3 N–H and O–H groups in total. The molecule has 0 fully saturated rings. The summed E-state index contributed by atoms with van der Waals surface area (Å²) in [6.07, 6.45) is 0. The largest absolute Gasteiger partial charge is 0.595 e. The van der Waals surface area contributed by atoms with Gasteiger partial charge in [0.05, 0.1) is 5.69 Å². The summed E-state index contributed by atoms with van der Waals surface area (Å²) in [5, 5.41) is 20.3. The molecule has 1 atom stereocenters. The third-order valence-corrected chi connectivity index (χ3v) is 3.10. The second-order valence-corrected chi connectivity index (χ2v) is 6.31. The van der Waals surface area contributed by atoms with Crippen LogP contribution in [0.2, 0.25) is 0 Å². The van der Waals surface area contributed by atoms with Gasteiger partial charge in [-0.3, -0.25) is 4.79 Å². The third-order valence-electron chi connectivity index (χ3n) is 2.61. The molecule has 118 valence electrons. The molecule has 0 aliphatic carbocycles. The maximum absolute atomic E-state index is 12.1. The molecule has 22 heavy (non-hydrogen) atoms. The Morgan fingerprint density at radius 3 is 2.23 bits per heavy atom. The van der Waals surface area contributed by atoms with E-state index >= 15 is 0 Å². The van der Waals surface area contributed by atoms with Crippen LogP contribution < -0.4 is 16.6 Å². The molecule has 1 heterocycles. The van der Waals surface area contributed by atoms with E-state index in [4.69, 9.17) is 40.0 Å². The van der Waals surface area contributed by atoms with Gasteiger partial charge in [-0.25, -0.2) is 24.5 Å². The molecule has 2 rings (SSSR count). The lowest BCUT2D eigenvalue weighted by Gasteiger charge is -2.11. The Bertz CT molecular complexity index is 815. The third kappa shape index (κ3) is 3.09. The summed E-state index contributed by atoms with van der Waals surface area (Å²) in [5.41, 5.74) is -2.02. The van der Waals surface area contributed by atoms with Crippen LogP contribution in [0.3, 0.4) is 0 Å². The van der Waals surface area contributed by atoms with Crippen molar-refractivity contribution in [3.63, 3.8) is 0 Å². The second kappa shape index (κ2) is 5.88. The highest BCUT2D eigenvalue weighted by atomic mass is 35.6. The summed E-state index contributed by atoms with van der Waals surface area (Å²) < 4.78 is -1.56. The van der Waals surface area contributed by atoms with Crippen LogP contribution in [-0.4, -0.2) is 29.3 Å². The van der Waals surface area contributed by atoms with Crippen molar-refractivity contribution in [2.24, 2.45) is 0 Å². The maximum atomic E-state index is 12.1. The van der Waals surface area contributed by atoms with Gasteiger partial charge in [-0.15, -0.1) is 0 Å². The smallest absolute Gasteiger partial charge is 0.359 e. The van der Waals surface area contributed by atoms with E-state index in [2.05, 4.69) is 0 Å². The first kappa shape index (κ1) is 16.7. The number of H-pyrrole nitrogens is 1. The Hall–Kier alpha value is -1.62. The SMILES string of the molecule is O=C(n1[nH]c(=O)n(-c2ccc([NH+]([O-])O)cc2)c1=O)C(Cl)(Cl)Cl. The molecule has 1 aromatic carbocycles. The molecule has 9 nitrogen and oxygen atoms in total. The van der Waals surface area contributed by atoms with Gasteiger partial charge in [-0.2, -0.15) is 9.91 Å². The summed E-state index contributed by atoms with van der Waals surface area (Å²) in [6, 6.07) is 4.84. The van der Waals surface area contributed by atoms with Gasteiger partial charge in [0.15, 0.2) is 5.69 Å². The molecule has 0 spiro atoms. The zero-order valence-electron chi connectivity index (χ0n) is 10.4. The zero-order chi connectivity index (χ0) is 16.7. The fraction of sp³-hybridized carbons (Fsp3) is 0.100. The van der Waals surface area contributed by atoms with Gasteiger partial charge >= 0.3 is 17.3 Å². The van der Waals surface area contributed by atoms with Crippen molar-refractivity contribution in [1.29, 1.82) is 0 Å². The normalized spacial score (nSPS) is 13.1. The van der Waals surface area contributed by atoms with Crippen molar-refractivity contribution in [2.45, 2.75) is 3.79 Å². The standard InChI is InChI=1S/C10H7Cl3N4O5/c11-10(12,13)7(18)16-9(20)15(8(19)14-16)5-1-3-6(4-2-5)17(21)22/h1-4,17,21H,(H,14,19). The average molecular weight is 370 g/mol. The van der Waals surface area contributed by atoms with Gasteiger partial charge < -0.3 is 5.21 Å². The summed E-state index contributed by atoms with van der Waals surface area (Å²) in [6.45, 7) is 0. The van der Waals surface area contributed by atoms with E-state index in [9.17, 15) is 19.6 Å². The quantitative estimate of drug-likeness (QED) is 0.497. The van der Waals surface area contributed by atoms with Gasteiger partial charge in [0.2, 0.25) is 0 Å². The van der Waals surface area contributed by atoms with Gasteiger partial charge in [-0.05, 0) is 12.1 Å². The Morgan fingerprint density at radius 2 is 1.77 bits per heavy atom. The van der Waals surface area contributed by atoms with Crippen LogP contribution in [0, 0.1) is 5.21 Å². The molecule has 0 radical (unpaired) electrons. The van der Waals surface area contributed by atoms with Gasteiger partial charge in [-0.1, -0.05) is 34.8 Å². The minimum absolute atomic E-state index is 0.0370. The number of nitrogens with one attached hydrogen (secondary N) is 2. The van der Waals surface area contributed by atoms with Crippen molar-refractivity contribution in [3.05, 3.63) is 50.4 Å². The minimum atomic E-state index is -2.42. The number of benzene rings is 1. The number of hydrogen-bond donors (Lipinski definition) is 3. The van der Waals surface area contributed by atoms with Gasteiger partial charge in [0.1, 0.15) is 0 Å². The van der Waals surface area contributed by atoms with Gasteiger partial charge in [0, 0.05) is 12.1 Å². The molecule has 0 saturated carbocycles. The zero-order valence-corrected chi connectivity index (χ0v) is 12.7. The van der Waals surface area contributed by atoms with Crippen LogP contribution >= 0.6 is 34.8 Å². The van der Waals surface area contributed by atoms with E-state index in [1.807, 2.05) is 5.10 Å². The number of halogens is 3. The number of carbonyl (C=O) groups is 1. The summed E-state index contributed by atoms with van der Waals surface area (Å²) in [4.78, 5) is 35.6. The molecule has 0 aliphatic heterocycles. The highest BCUT2D eigenvalue weighted by Gasteiger charge is 2.35. The molecule has 2 aromatic rings. The average Bonchev–Trinajstić information content (AvgIpc) is 2.72. The molecule has 1 unspecified atom stereocenters. The molecule has 0 saturated heterocycles. The van der Waals surface area contributed by atoms with Crippen LogP contribution in [0.15, 0.2) is 33.9 Å². The Morgan fingerprint density at radius 1 is 1.23 bits per heavy atom. The summed E-state index contributed by atoms with van der Waals surface area (Å²) in [7, 11) is 0. The topological polar surface area (TPSA) is 125 Å². The summed E-state index contributed by atoms with van der Waals surface area (Å²) in [5.74, 6) is -1.25. The number of carbonyl (C=O) groups excluding carboxylic acids is 1. The molecular formula is C10H7Cl3N4O5. The van der Waals surface area contributed by atoms with E-state index in [-0.39, 0.29) is 16.1 Å². The Balaban J connectivity index is 2.54. The highest BCUT2D eigenvalue weighted by Crippen LogP contribution is 2.27. The highest BCUT2D eigenvalue weighted by molar-refractivity contribution is 6.76. The maximum Gasteiger partial charge on any atom is 0.359 e. The van der Waals surface area contributed by atoms with Crippen molar-refractivity contribution < 1.29 is 15.2 Å². The number of quaternary nitrogens is 1. The lowest BCUT2D eigenvalue weighted by atomic mass is 10.3. The summed E-state index contributed by atoms with van der Waals surface area (Å²) >= 11 is 16.1. The van der Waals surface area contributed by atoms with Crippen molar-refractivity contribution in [2.75, 3.05) is 0 Å². The van der Waals surface area contributed by atoms with E-state index in [0.717, 1.165) is 0 Å². The number of hydrogen-bond acceptors (Lipinski definition) is 5. The van der Waals surface area contributed by atoms with Crippen molar-refractivity contribution in [1.82, 2.24) is 14.3 Å². The first-order chi connectivity index (χ1) is 10.1. The Labute approximate surface area is 136 Å². The van der Waals surface area contributed by atoms with Crippen LogP contribution in [-0.2, 0) is 0 Å². The molecule has 0 amide bonds. The van der Waals surface area contributed by atoms with Crippen molar-refractivity contribution >= 4 is 46.4 Å². The monoisotopic (exact) mass is 368 g/mol. The van der Waals surface area contributed by atoms with E-state index in [1.165, 1.54) is 24.3 Å². The minimum Gasteiger partial charge on any atom is -0.595 e. The molecule has 12 heteroatoms. The Kier molecular flexibility index (Phi) is 4.47. The first-order valence-corrected chi connectivity index (χ1v) is 6.65. The van der Waals surface area contributed by atoms with Crippen LogP contribution in [0.25, 0.3) is 5.69 Å². The number of aromatic nitrogens is 3. The second-order valence-electron chi connectivity index (χ2n) is 4.03. The molecule has 0 aliphatic rings. The van der Waals surface area contributed by atoms with E-state index in [1.54, 1.807) is 0 Å². The molecular weight excluding hydrogens is 362 g/mol. The first-order valence-electron chi connectivity index (χ1n) is 5.52. The van der Waals surface area contributed by atoms with Crippen LogP contribution in [0.5, 0.6) is 0 Å². The van der Waals surface area contributed by atoms with E-state index in [0.29, 0.717) is 4.57 Å².